The van der Waals surface area contributed by atoms with Crippen molar-refractivity contribution in [2.45, 2.75) is 18.2 Å². The normalized spacial score (nSPS) is 17.3. The van der Waals surface area contributed by atoms with E-state index < -0.39 is 26.6 Å². The Morgan fingerprint density at radius 1 is 1.26 bits per heavy atom. The van der Waals surface area contributed by atoms with Crippen LogP contribution in [0.4, 0.5) is 14.5 Å². The fourth-order valence-corrected chi connectivity index (χ4v) is 3.54. The van der Waals surface area contributed by atoms with Gasteiger partial charge in [-0.25, -0.2) is 17.2 Å². The molecule has 1 aliphatic heterocycles. The van der Waals surface area contributed by atoms with Crippen LogP contribution < -0.4 is 5.73 Å². The first-order valence-corrected chi connectivity index (χ1v) is 7.16. The summed E-state index contributed by atoms with van der Waals surface area (Å²) in [6.45, 7) is 2.28. The number of hydrogen-bond donors (Lipinski definition) is 1. The number of anilines is 1. The number of rotatable bonds is 2. The molecule has 19 heavy (non-hydrogen) atoms. The SMILES string of the molecule is CC1=CCCN(S(=O)(=O)c2cc(N)c(F)cc2F)C1. The van der Waals surface area contributed by atoms with Gasteiger partial charge >= 0.3 is 0 Å². The summed E-state index contributed by atoms with van der Waals surface area (Å²) in [4.78, 5) is -0.582. The van der Waals surface area contributed by atoms with E-state index in [2.05, 4.69) is 0 Å². The average molecular weight is 288 g/mol. The van der Waals surface area contributed by atoms with Crippen molar-refractivity contribution in [2.75, 3.05) is 18.8 Å². The molecule has 4 nitrogen and oxygen atoms in total. The highest BCUT2D eigenvalue weighted by Crippen LogP contribution is 2.26. The highest BCUT2D eigenvalue weighted by molar-refractivity contribution is 7.89. The number of benzene rings is 1. The lowest BCUT2D eigenvalue weighted by molar-refractivity contribution is 0.423. The lowest BCUT2D eigenvalue weighted by Gasteiger charge is -2.25. The number of halogens is 2. The molecule has 104 valence electrons. The van der Waals surface area contributed by atoms with Crippen molar-refractivity contribution in [3.05, 3.63) is 35.4 Å². The molecule has 0 spiro atoms. The van der Waals surface area contributed by atoms with Gasteiger partial charge in [-0.2, -0.15) is 4.31 Å². The lowest BCUT2D eigenvalue weighted by Crippen LogP contribution is -2.35. The van der Waals surface area contributed by atoms with Crippen LogP contribution in [0.1, 0.15) is 13.3 Å². The molecule has 0 fully saturated rings. The Hall–Kier alpha value is -1.47. The lowest BCUT2D eigenvalue weighted by atomic mass is 10.2. The Kier molecular flexibility index (Phi) is 3.60. The van der Waals surface area contributed by atoms with Gasteiger partial charge in [-0.15, -0.1) is 0 Å². The topological polar surface area (TPSA) is 63.4 Å². The molecule has 0 unspecified atom stereocenters. The Labute approximate surface area is 110 Å². The standard InChI is InChI=1S/C12H14F2N2O2S/c1-8-3-2-4-16(7-8)19(17,18)12-6-11(15)9(13)5-10(12)14/h3,5-6H,2,4,7,15H2,1H3. The largest absolute Gasteiger partial charge is 0.396 e. The molecule has 0 bridgehead atoms. The van der Waals surface area contributed by atoms with Gasteiger partial charge in [0.25, 0.3) is 0 Å². The third kappa shape index (κ3) is 2.62. The Bertz CT molecular complexity index is 641. The number of nitrogens with zero attached hydrogens (tertiary/aromatic N) is 1. The molecule has 0 atom stereocenters. The van der Waals surface area contributed by atoms with Gasteiger partial charge in [0.1, 0.15) is 16.5 Å². The summed E-state index contributed by atoms with van der Waals surface area (Å²) in [5.41, 5.74) is 5.82. The summed E-state index contributed by atoms with van der Waals surface area (Å²) >= 11 is 0. The smallest absolute Gasteiger partial charge is 0.246 e. The molecule has 7 heteroatoms. The van der Waals surface area contributed by atoms with Gasteiger partial charge in [-0.05, 0) is 19.4 Å². The monoisotopic (exact) mass is 288 g/mol. The first-order chi connectivity index (χ1) is 8.82. The summed E-state index contributed by atoms with van der Waals surface area (Å²) in [5, 5.41) is 0. The van der Waals surface area contributed by atoms with Gasteiger partial charge < -0.3 is 5.73 Å². The second-order valence-corrected chi connectivity index (χ2v) is 6.39. The summed E-state index contributed by atoms with van der Waals surface area (Å²) < 4.78 is 52.5. The first kappa shape index (κ1) is 14.0. The number of hydrogen-bond acceptors (Lipinski definition) is 3. The van der Waals surface area contributed by atoms with Crippen LogP contribution in [0.5, 0.6) is 0 Å². The second kappa shape index (κ2) is 4.90. The molecule has 0 aliphatic carbocycles. The van der Waals surface area contributed by atoms with E-state index in [9.17, 15) is 17.2 Å². The molecule has 1 aliphatic rings. The fraction of sp³-hybridized carbons (Fsp3) is 0.333. The van der Waals surface area contributed by atoms with Crippen molar-refractivity contribution in [3.8, 4) is 0 Å². The van der Waals surface area contributed by atoms with Gasteiger partial charge in [0, 0.05) is 19.2 Å². The molecule has 1 aromatic rings. The Morgan fingerprint density at radius 3 is 2.58 bits per heavy atom. The van der Waals surface area contributed by atoms with Crippen LogP contribution in [0.25, 0.3) is 0 Å². The zero-order valence-electron chi connectivity index (χ0n) is 10.4. The van der Waals surface area contributed by atoms with E-state index in [-0.39, 0.29) is 18.8 Å². The molecular formula is C12H14F2N2O2S. The summed E-state index contributed by atoms with van der Waals surface area (Å²) in [6, 6.07) is 1.32. The van der Waals surface area contributed by atoms with E-state index in [1.807, 2.05) is 6.08 Å². The third-order valence-corrected chi connectivity index (χ3v) is 4.83. The quantitative estimate of drug-likeness (QED) is 0.667. The van der Waals surface area contributed by atoms with Crippen molar-refractivity contribution in [1.29, 1.82) is 0 Å². The maximum absolute atomic E-state index is 13.7. The maximum Gasteiger partial charge on any atom is 0.246 e. The summed E-state index contributed by atoms with van der Waals surface area (Å²) in [5.74, 6) is -2.09. The van der Waals surface area contributed by atoms with E-state index in [0.29, 0.717) is 12.5 Å². The molecule has 1 heterocycles. The van der Waals surface area contributed by atoms with Gasteiger partial charge in [-0.1, -0.05) is 11.6 Å². The van der Waals surface area contributed by atoms with Crippen LogP contribution in [0, 0.1) is 11.6 Å². The minimum atomic E-state index is -3.99. The number of nitrogen functional groups attached to an aromatic ring is 1. The van der Waals surface area contributed by atoms with Crippen LogP contribution in [-0.4, -0.2) is 25.8 Å². The van der Waals surface area contributed by atoms with Crippen LogP contribution in [0.2, 0.25) is 0 Å². The van der Waals surface area contributed by atoms with Crippen molar-refractivity contribution < 1.29 is 17.2 Å². The van der Waals surface area contributed by atoms with Gasteiger partial charge in [0.15, 0.2) is 0 Å². The molecule has 2 N–H and O–H groups in total. The van der Waals surface area contributed by atoms with E-state index in [1.54, 1.807) is 6.92 Å². The van der Waals surface area contributed by atoms with Gasteiger partial charge in [-0.3, -0.25) is 0 Å². The van der Waals surface area contributed by atoms with Crippen LogP contribution >= 0.6 is 0 Å². The number of sulfonamides is 1. The molecule has 0 saturated carbocycles. The molecule has 1 aromatic carbocycles. The van der Waals surface area contributed by atoms with Gasteiger partial charge in [0.05, 0.1) is 5.69 Å². The molecule has 0 aromatic heterocycles. The molecule has 0 amide bonds. The van der Waals surface area contributed by atoms with Crippen molar-refractivity contribution in [2.24, 2.45) is 0 Å². The fourth-order valence-electron chi connectivity index (χ4n) is 1.96. The third-order valence-electron chi connectivity index (χ3n) is 2.97. The number of nitrogens with two attached hydrogens (primary N) is 1. The van der Waals surface area contributed by atoms with E-state index >= 15 is 0 Å². The van der Waals surface area contributed by atoms with Crippen molar-refractivity contribution >= 4 is 15.7 Å². The average Bonchev–Trinajstić information content (AvgIpc) is 2.33. The highest BCUT2D eigenvalue weighted by Gasteiger charge is 2.29. The molecular weight excluding hydrogens is 274 g/mol. The van der Waals surface area contributed by atoms with Crippen LogP contribution in [-0.2, 0) is 10.0 Å². The Morgan fingerprint density at radius 2 is 1.95 bits per heavy atom. The van der Waals surface area contributed by atoms with Crippen molar-refractivity contribution in [3.63, 3.8) is 0 Å². The zero-order valence-corrected chi connectivity index (χ0v) is 11.2. The van der Waals surface area contributed by atoms with E-state index in [1.165, 1.54) is 0 Å². The zero-order chi connectivity index (χ0) is 14.2. The highest BCUT2D eigenvalue weighted by atomic mass is 32.2. The minimum absolute atomic E-state index is 0.207. The summed E-state index contributed by atoms with van der Waals surface area (Å²) in [7, 11) is -3.99. The Balaban J connectivity index is 2.45. The minimum Gasteiger partial charge on any atom is -0.396 e. The van der Waals surface area contributed by atoms with Crippen LogP contribution in [0.15, 0.2) is 28.7 Å². The predicted molar refractivity (Wildman–Crippen MR) is 67.9 cm³/mol. The first-order valence-electron chi connectivity index (χ1n) is 5.72. The molecule has 2 rings (SSSR count). The second-order valence-electron chi connectivity index (χ2n) is 4.48. The summed E-state index contributed by atoms with van der Waals surface area (Å²) in [6.07, 6.45) is 2.50. The maximum atomic E-state index is 13.7. The van der Waals surface area contributed by atoms with Crippen molar-refractivity contribution in [1.82, 2.24) is 4.31 Å². The van der Waals surface area contributed by atoms with E-state index in [4.69, 9.17) is 5.73 Å². The molecule has 0 saturated heterocycles. The van der Waals surface area contributed by atoms with E-state index in [0.717, 1.165) is 15.9 Å². The molecule has 0 radical (unpaired) electrons. The van der Waals surface area contributed by atoms with Crippen LogP contribution in [0.3, 0.4) is 0 Å². The predicted octanol–water partition coefficient (Wildman–Crippen LogP) is 1.89. The van der Waals surface area contributed by atoms with Gasteiger partial charge in [0.2, 0.25) is 10.0 Å².